The summed E-state index contributed by atoms with van der Waals surface area (Å²) < 4.78 is 30.7. The van der Waals surface area contributed by atoms with Crippen molar-refractivity contribution in [2.75, 3.05) is 45.0 Å². The number of esters is 1. The van der Waals surface area contributed by atoms with E-state index in [0.29, 0.717) is 16.9 Å². The molecule has 0 atom stereocenters. The van der Waals surface area contributed by atoms with E-state index >= 15 is 0 Å². The largest absolute Gasteiger partial charge is 0.452 e. The maximum atomic E-state index is 12.3. The summed E-state index contributed by atoms with van der Waals surface area (Å²) in [6.45, 7) is -0.480. The van der Waals surface area contributed by atoms with E-state index in [-0.39, 0.29) is 4.90 Å². The standard InChI is InChI=1S/C17H21N3O5S2/c1-19(2)15-6-5-13(27(23,24)20(3)4)9-14(15)18-16(21)10-25-17(22)12-7-8-26-11-12/h5-9,11H,10H2,1-4H3,(H,18,21). The van der Waals surface area contributed by atoms with Crippen molar-refractivity contribution in [3.63, 3.8) is 0 Å². The van der Waals surface area contributed by atoms with Crippen molar-refractivity contribution in [1.82, 2.24) is 4.31 Å². The van der Waals surface area contributed by atoms with Crippen LogP contribution in [-0.2, 0) is 19.6 Å². The lowest BCUT2D eigenvalue weighted by Crippen LogP contribution is -2.24. The van der Waals surface area contributed by atoms with Gasteiger partial charge in [-0.2, -0.15) is 11.3 Å². The highest BCUT2D eigenvalue weighted by Crippen LogP contribution is 2.28. The molecule has 8 nitrogen and oxygen atoms in total. The van der Waals surface area contributed by atoms with Gasteiger partial charge in [0.15, 0.2) is 6.61 Å². The summed E-state index contributed by atoms with van der Waals surface area (Å²) in [4.78, 5) is 25.8. The molecule has 0 bridgehead atoms. The van der Waals surface area contributed by atoms with Gasteiger partial charge in [0.2, 0.25) is 10.0 Å². The highest BCUT2D eigenvalue weighted by molar-refractivity contribution is 7.89. The first-order valence-electron chi connectivity index (χ1n) is 7.86. The summed E-state index contributed by atoms with van der Waals surface area (Å²) in [6.07, 6.45) is 0. The Labute approximate surface area is 162 Å². The number of nitrogens with zero attached hydrogens (tertiary/aromatic N) is 2. The number of rotatable bonds is 7. The molecule has 1 aromatic heterocycles. The molecule has 0 radical (unpaired) electrons. The number of benzene rings is 1. The zero-order chi connectivity index (χ0) is 20.2. The van der Waals surface area contributed by atoms with Gasteiger partial charge < -0.3 is 15.0 Å². The SMILES string of the molecule is CN(C)c1ccc(S(=O)(=O)N(C)C)cc1NC(=O)COC(=O)c1ccsc1. The van der Waals surface area contributed by atoms with Crippen LogP contribution in [0, 0.1) is 0 Å². The number of ether oxygens (including phenoxy) is 1. The molecule has 0 saturated carbocycles. The number of anilines is 2. The highest BCUT2D eigenvalue weighted by atomic mass is 32.2. The molecule has 1 amide bonds. The zero-order valence-corrected chi connectivity index (χ0v) is 17.1. The van der Waals surface area contributed by atoms with Gasteiger partial charge in [-0.25, -0.2) is 17.5 Å². The van der Waals surface area contributed by atoms with Gasteiger partial charge in [-0.1, -0.05) is 0 Å². The Balaban J connectivity index is 2.17. The van der Waals surface area contributed by atoms with Crippen LogP contribution in [-0.4, -0.2) is 59.4 Å². The van der Waals surface area contributed by atoms with Crippen LogP contribution < -0.4 is 10.2 Å². The Morgan fingerprint density at radius 1 is 1.15 bits per heavy atom. The van der Waals surface area contributed by atoms with Crippen molar-refractivity contribution in [2.45, 2.75) is 4.90 Å². The molecular weight excluding hydrogens is 390 g/mol. The predicted molar refractivity (Wildman–Crippen MR) is 105 cm³/mol. The van der Waals surface area contributed by atoms with Crippen molar-refractivity contribution >= 4 is 44.6 Å². The van der Waals surface area contributed by atoms with Crippen LogP contribution in [0.25, 0.3) is 0 Å². The van der Waals surface area contributed by atoms with Crippen LogP contribution >= 0.6 is 11.3 Å². The summed E-state index contributed by atoms with van der Waals surface area (Å²) in [5, 5.41) is 5.96. The van der Waals surface area contributed by atoms with E-state index < -0.39 is 28.5 Å². The number of carbonyl (C=O) groups is 2. The van der Waals surface area contributed by atoms with Gasteiger partial charge in [-0.3, -0.25) is 4.79 Å². The summed E-state index contributed by atoms with van der Waals surface area (Å²) in [5.41, 5.74) is 1.30. The van der Waals surface area contributed by atoms with Gasteiger partial charge in [0.05, 0.1) is 21.8 Å². The number of carbonyl (C=O) groups excluding carboxylic acids is 2. The Hall–Kier alpha value is -2.43. The molecule has 1 heterocycles. The van der Waals surface area contributed by atoms with E-state index in [0.717, 1.165) is 4.31 Å². The molecular formula is C17H21N3O5S2. The van der Waals surface area contributed by atoms with Crippen LogP contribution in [0.3, 0.4) is 0 Å². The Morgan fingerprint density at radius 3 is 2.41 bits per heavy atom. The minimum atomic E-state index is -3.65. The lowest BCUT2D eigenvalue weighted by atomic mass is 10.2. The quantitative estimate of drug-likeness (QED) is 0.699. The summed E-state index contributed by atoms with van der Waals surface area (Å²) in [5.74, 6) is -1.16. The third-order valence-corrected chi connectivity index (χ3v) is 6.09. The first kappa shape index (κ1) is 20.9. The maximum Gasteiger partial charge on any atom is 0.339 e. The molecule has 0 spiro atoms. The Bertz CT molecular complexity index is 922. The number of hydrogen-bond donors (Lipinski definition) is 1. The summed E-state index contributed by atoms with van der Waals surface area (Å²) in [7, 11) is 2.73. The molecule has 146 valence electrons. The lowest BCUT2D eigenvalue weighted by molar-refractivity contribution is -0.119. The molecule has 1 aromatic carbocycles. The second-order valence-corrected chi connectivity index (χ2v) is 8.93. The van der Waals surface area contributed by atoms with E-state index in [4.69, 9.17) is 4.74 Å². The molecule has 27 heavy (non-hydrogen) atoms. The number of nitrogens with one attached hydrogen (secondary N) is 1. The smallest absolute Gasteiger partial charge is 0.339 e. The van der Waals surface area contributed by atoms with Crippen LogP contribution in [0.1, 0.15) is 10.4 Å². The first-order chi connectivity index (χ1) is 12.6. The van der Waals surface area contributed by atoms with Crippen molar-refractivity contribution < 1.29 is 22.7 Å². The average molecular weight is 412 g/mol. The fraction of sp³-hybridized carbons (Fsp3) is 0.294. The third-order valence-electron chi connectivity index (χ3n) is 3.59. The molecule has 0 aliphatic rings. The fourth-order valence-electron chi connectivity index (χ4n) is 2.16. The molecule has 10 heteroatoms. The van der Waals surface area contributed by atoms with Crippen molar-refractivity contribution in [2.24, 2.45) is 0 Å². The van der Waals surface area contributed by atoms with Gasteiger partial charge >= 0.3 is 5.97 Å². The van der Waals surface area contributed by atoms with Gasteiger partial charge in [0.1, 0.15) is 0 Å². The molecule has 0 fully saturated rings. The van der Waals surface area contributed by atoms with Gasteiger partial charge in [0.25, 0.3) is 5.91 Å². The number of thiophene rings is 1. The van der Waals surface area contributed by atoms with Crippen LogP contribution in [0.4, 0.5) is 11.4 Å². The van der Waals surface area contributed by atoms with Crippen LogP contribution in [0.2, 0.25) is 0 Å². The molecule has 2 aromatic rings. The van der Waals surface area contributed by atoms with Crippen LogP contribution in [0.15, 0.2) is 39.9 Å². The van der Waals surface area contributed by atoms with Gasteiger partial charge in [-0.05, 0) is 29.6 Å². The van der Waals surface area contributed by atoms with Gasteiger partial charge in [0, 0.05) is 33.6 Å². The average Bonchev–Trinajstić information content (AvgIpc) is 3.14. The maximum absolute atomic E-state index is 12.3. The fourth-order valence-corrected chi connectivity index (χ4v) is 3.71. The second-order valence-electron chi connectivity index (χ2n) is 6.00. The van der Waals surface area contributed by atoms with Crippen molar-refractivity contribution in [1.29, 1.82) is 0 Å². The minimum Gasteiger partial charge on any atom is -0.452 e. The number of hydrogen-bond acceptors (Lipinski definition) is 7. The highest BCUT2D eigenvalue weighted by Gasteiger charge is 2.20. The monoisotopic (exact) mass is 411 g/mol. The minimum absolute atomic E-state index is 0.0451. The van der Waals surface area contributed by atoms with E-state index in [1.807, 2.05) is 0 Å². The zero-order valence-electron chi connectivity index (χ0n) is 15.4. The summed E-state index contributed by atoms with van der Waals surface area (Å²) in [6, 6.07) is 6.05. The molecule has 0 saturated heterocycles. The van der Waals surface area contributed by atoms with E-state index in [9.17, 15) is 18.0 Å². The first-order valence-corrected chi connectivity index (χ1v) is 10.2. The predicted octanol–water partition coefficient (Wildman–Crippen LogP) is 1.86. The molecule has 0 unspecified atom stereocenters. The van der Waals surface area contributed by atoms with Gasteiger partial charge in [-0.15, -0.1) is 0 Å². The molecule has 1 N–H and O–H groups in total. The van der Waals surface area contributed by atoms with Crippen molar-refractivity contribution in [3.8, 4) is 0 Å². The summed E-state index contributed by atoms with van der Waals surface area (Å²) >= 11 is 1.35. The Morgan fingerprint density at radius 2 is 1.85 bits per heavy atom. The molecule has 0 aliphatic carbocycles. The van der Waals surface area contributed by atoms with Crippen molar-refractivity contribution in [3.05, 3.63) is 40.6 Å². The number of sulfonamides is 1. The number of amides is 1. The Kier molecular flexibility index (Phi) is 6.58. The topological polar surface area (TPSA) is 96.0 Å². The normalized spacial score (nSPS) is 11.3. The van der Waals surface area contributed by atoms with Crippen LogP contribution in [0.5, 0.6) is 0 Å². The van der Waals surface area contributed by atoms with E-state index in [1.54, 1.807) is 41.9 Å². The third kappa shape index (κ3) is 5.06. The lowest BCUT2D eigenvalue weighted by Gasteiger charge is -2.20. The van der Waals surface area contributed by atoms with E-state index in [1.165, 1.54) is 37.6 Å². The molecule has 0 aliphatic heterocycles. The second kappa shape index (κ2) is 8.51. The molecule has 2 rings (SSSR count). The van der Waals surface area contributed by atoms with E-state index in [2.05, 4.69) is 5.32 Å².